The summed E-state index contributed by atoms with van der Waals surface area (Å²) < 4.78 is 12.9. The number of carbonyl (C=O) groups excluding carboxylic acids is 1. The molecule has 0 saturated heterocycles. The molecule has 1 N–H and O–H groups in total. The van der Waals surface area contributed by atoms with Gasteiger partial charge in [-0.05, 0) is 24.1 Å². The monoisotopic (exact) mass is 251 g/mol. The lowest BCUT2D eigenvalue weighted by molar-refractivity contribution is -0.116. The average Bonchev–Trinajstić information content (AvgIpc) is 2.79. The predicted octanol–water partition coefficient (Wildman–Crippen LogP) is 2.25. The zero-order chi connectivity index (χ0) is 12.1. The molecule has 2 rings (SSSR count). The normalized spacial score (nSPS) is 10.2. The molecule has 4 nitrogen and oxygen atoms in total. The van der Waals surface area contributed by atoms with E-state index < -0.39 is 0 Å². The Hall–Kier alpha value is -1.82. The van der Waals surface area contributed by atoms with Crippen LogP contribution in [0.2, 0.25) is 0 Å². The van der Waals surface area contributed by atoms with Gasteiger partial charge in [-0.1, -0.05) is 23.5 Å². The number of rotatable bonds is 4. The predicted molar refractivity (Wildman–Crippen MR) is 63.3 cm³/mol. The molecule has 1 aromatic carbocycles. The third-order valence-corrected chi connectivity index (χ3v) is 2.74. The van der Waals surface area contributed by atoms with Gasteiger partial charge in [0, 0.05) is 6.42 Å². The second kappa shape index (κ2) is 5.49. The quantitative estimate of drug-likeness (QED) is 0.906. The smallest absolute Gasteiger partial charge is 0.226 e. The van der Waals surface area contributed by atoms with Crippen LogP contribution in [0.1, 0.15) is 12.0 Å². The van der Waals surface area contributed by atoms with Crippen molar-refractivity contribution in [2.75, 3.05) is 5.32 Å². The van der Waals surface area contributed by atoms with Gasteiger partial charge in [-0.3, -0.25) is 4.79 Å². The molecule has 0 aliphatic heterocycles. The molecule has 1 heterocycles. The largest absolute Gasteiger partial charge is 0.301 e. The summed E-state index contributed by atoms with van der Waals surface area (Å²) in [5, 5.41) is 10.4. The molecule has 0 spiro atoms. The Morgan fingerprint density at radius 1 is 1.47 bits per heavy atom. The molecule has 0 bridgehead atoms. The van der Waals surface area contributed by atoms with Gasteiger partial charge in [0.1, 0.15) is 11.3 Å². The third kappa shape index (κ3) is 3.60. The van der Waals surface area contributed by atoms with E-state index in [1.807, 2.05) is 0 Å². The van der Waals surface area contributed by atoms with Crippen LogP contribution < -0.4 is 5.32 Å². The molecule has 0 fully saturated rings. The van der Waals surface area contributed by atoms with E-state index in [1.165, 1.54) is 23.5 Å². The molecule has 0 radical (unpaired) electrons. The van der Waals surface area contributed by atoms with Crippen molar-refractivity contribution in [3.8, 4) is 0 Å². The second-order valence-corrected chi connectivity index (χ2v) is 4.26. The summed E-state index contributed by atoms with van der Waals surface area (Å²) >= 11 is 1.26. The summed E-state index contributed by atoms with van der Waals surface area (Å²) in [6.07, 6.45) is 0.797. The van der Waals surface area contributed by atoms with E-state index >= 15 is 0 Å². The van der Waals surface area contributed by atoms with Gasteiger partial charge in [-0.2, -0.15) is 0 Å². The van der Waals surface area contributed by atoms with Gasteiger partial charge < -0.3 is 5.32 Å². The lowest BCUT2D eigenvalue weighted by Gasteiger charge is -2.01. The number of anilines is 1. The number of nitrogens with one attached hydrogen (secondary N) is 1. The molecule has 0 saturated carbocycles. The topological polar surface area (TPSA) is 54.9 Å². The lowest BCUT2D eigenvalue weighted by atomic mass is 10.1. The maximum Gasteiger partial charge on any atom is 0.226 e. The molecule has 0 aliphatic carbocycles. The van der Waals surface area contributed by atoms with Crippen molar-refractivity contribution in [3.05, 3.63) is 41.2 Å². The van der Waals surface area contributed by atoms with Gasteiger partial charge in [-0.25, -0.2) is 4.39 Å². The minimum absolute atomic E-state index is 0.147. The van der Waals surface area contributed by atoms with Crippen molar-refractivity contribution >= 4 is 22.4 Å². The van der Waals surface area contributed by atoms with Crippen LogP contribution in [-0.4, -0.2) is 16.1 Å². The van der Waals surface area contributed by atoms with Gasteiger partial charge in [-0.15, -0.1) is 10.2 Å². The third-order valence-electron chi connectivity index (χ3n) is 2.14. The highest BCUT2D eigenvalue weighted by Crippen LogP contribution is 2.10. The van der Waals surface area contributed by atoms with Gasteiger partial charge in [0.05, 0.1) is 0 Å². The van der Waals surface area contributed by atoms with Crippen LogP contribution in [0, 0.1) is 5.82 Å². The molecule has 17 heavy (non-hydrogen) atoms. The van der Waals surface area contributed by atoms with E-state index in [1.54, 1.807) is 17.6 Å². The summed E-state index contributed by atoms with van der Waals surface area (Å²) in [5.74, 6) is -0.432. The molecule has 88 valence electrons. The van der Waals surface area contributed by atoms with Gasteiger partial charge >= 0.3 is 0 Å². The van der Waals surface area contributed by atoms with Crippen molar-refractivity contribution in [1.29, 1.82) is 0 Å². The van der Waals surface area contributed by atoms with Crippen LogP contribution in [0.5, 0.6) is 0 Å². The molecule has 0 unspecified atom stereocenters. The molecule has 0 atom stereocenters. The first-order chi connectivity index (χ1) is 8.24. The van der Waals surface area contributed by atoms with Gasteiger partial charge in [0.2, 0.25) is 11.0 Å². The van der Waals surface area contributed by atoms with E-state index in [2.05, 4.69) is 15.5 Å². The van der Waals surface area contributed by atoms with E-state index in [-0.39, 0.29) is 11.7 Å². The van der Waals surface area contributed by atoms with Crippen molar-refractivity contribution in [1.82, 2.24) is 10.2 Å². The minimum atomic E-state index is -0.285. The van der Waals surface area contributed by atoms with Crippen molar-refractivity contribution in [2.45, 2.75) is 12.8 Å². The molecular weight excluding hydrogens is 241 g/mol. The van der Waals surface area contributed by atoms with E-state index in [4.69, 9.17) is 0 Å². The zero-order valence-electron chi connectivity index (χ0n) is 8.89. The zero-order valence-corrected chi connectivity index (χ0v) is 9.71. The van der Waals surface area contributed by atoms with Crippen LogP contribution in [0.4, 0.5) is 9.52 Å². The summed E-state index contributed by atoms with van der Waals surface area (Å²) in [7, 11) is 0. The summed E-state index contributed by atoms with van der Waals surface area (Å²) in [4.78, 5) is 11.5. The standard InChI is InChI=1S/C11H10FN3OS/c12-9-3-1-2-8(6-9)4-5-10(16)14-11-15-13-7-17-11/h1-3,6-7H,4-5H2,(H,14,15,16). The Morgan fingerprint density at radius 3 is 3.06 bits per heavy atom. The van der Waals surface area contributed by atoms with Crippen LogP contribution in [0.15, 0.2) is 29.8 Å². The number of halogens is 1. The number of nitrogens with zero attached hydrogens (tertiary/aromatic N) is 2. The first-order valence-corrected chi connectivity index (χ1v) is 5.92. The Labute approximate surface area is 102 Å². The molecule has 2 aromatic rings. The maximum absolute atomic E-state index is 12.9. The number of aromatic nitrogens is 2. The fraction of sp³-hybridized carbons (Fsp3) is 0.182. The van der Waals surface area contributed by atoms with Crippen molar-refractivity contribution < 1.29 is 9.18 Å². The highest BCUT2D eigenvalue weighted by Gasteiger charge is 2.05. The summed E-state index contributed by atoms with van der Waals surface area (Å²) in [6, 6.07) is 6.23. The number of hydrogen-bond donors (Lipinski definition) is 1. The fourth-order valence-electron chi connectivity index (χ4n) is 1.36. The summed E-state index contributed by atoms with van der Waals surface area (Å²) in [6.45, 7) is 0. The van der Waals surface area contributed by atoms with Crippen LogP contribution in [-0.2, 0) is 11.2 Å². The van der Waals surface area contributed by atoms with E-state index in [9.17, 15) is 9.18 Å². The molecule has 1 amide bonds. The fourth-order valence-corrected chi connectivity index (χ4v) is 1.82. The average molecular weight is 251 g/mol. The molecule has 0 aliphatic rings. The Morgan fingerprint density at radius 2 is 2.35 bits per heavy atom. The lowest BCUT2D eigenvalue weighted by Crippen LogP contribution is -2.12. The minimum Gasteiger partial charge on any atom is -0.301 e. The highest BCUT2D eigenvalue weighted by molar-refractivity contribution is 7.13. The van der Waals surface area contributed by atoms with Crippen LogP contribution in [0.25, 0.3) is 0 Å². The van der Waals surface area contributed by atoms with Crippen molar-refractivity contribution in [3.63, 3.8) is 0 Å². The SMILES string of the molecule is O=C(CCc1cccc(F)c1)Nc1nncs1. The Kier molecular flexibility index (Phi) is 3.77. The summed E-state index contributed by atoms with van der Waals surface area (Å²) in [5.41, 5.74) is 2.35. The molecular formula is C11H10FN3OS. The number of hydrogen-bond acceptors (Lipinski definition) is 4. The van der Waals surface area contributed by atoms with E-state index in [0.29, 0.717) is 18.0 Å². The van der Waals surface area contributed by atoms with Crippen molar-refractivity contribution in [2.24, 2.45) is 0 Å². The van der Waals surface area contributed by atoms with Gasteiger partial charge in [0.15, 0.2) is 0 Å². The Balaban J connectivity index is 1.84. The number of benzene rings is 1. The first-order valence-electron chi connectivity index (χ1n) is 5.04. The maximum atomic E-state index is 12.9. The Bertz CT molecular complexity index is 501. The van der Waals surface area contributed by atoms with Gasteiger partial charge in [0.25, 0.3) is 0 Å². The number of amides is 1. The number of carbonyl (C=O) groups is 1. The number of aryl methyl sites for hydroxylation is 1. The van der Waals surface area contributed by atoms with Crippen LogP contribution >= 0.6 is 11.3 Å². The molecule has 1 aromatic heterocycles. The molecule has 6 heteroatoms. The first kappa shape index (κ1) is 11.7. The second-order valence-electron chi connectivity index (χ2n) is 3.42. The van der Waals surface area contributed by atoms with E-state index in [0.717, 1.165) is 5.56 Å². The van der Waals surface area contributed by atoms with Crippen LogP contribution in [0.3, 0.4) is 0 Å². The highest BCUT2D eigenvalue weighted by atomic mass is 32.1.